The lowest BCUT2D eigenvalue weighted by Gasteiger charge is -2.33. The summed E-state index contributed by atoms with van der Waals surface area (Å²) >= 11 is 0. The van der Waals surface area contributed by atoms with Gasteiger partial charge in [-0.3, -0.25) is 0 Å². The van der Waals surface area contributed by atoms with E-state index in [1.807, 2.05) is 12.1 Å². The third kappa shape index (κ3) is 7.76. The molecule has 0 bridgehead atoms. The summed E-state index contributed by atoms with van der Waals surface area (Å²) in [5.41, 5.74) is 3.61. The lowest BCUT2D eigenvalue weighted by Crippen LogP contribution is -2.41. The molecule has 34 heavy (non-hydrogen) atoms. The molecule has 1 saturated heterocycles. The van der Waals surface area contributed by atoms with Crippen molar-refractivity contribution in [2.45, 2.75) is 31.8 Å². The average Bonchev–Trinajstić information content (AvgIpc) is 2.89. The Bertz CT molecular complexity index is 909. The van der Waals surface area contributed by atoms with E-state index in [2.05, 4.69) is 70.9 Å². The second-order valence-electron chi connectivity index (χ2n) is 9.32. The Morgan fingerprint density at radius 1 is 0.912 bits per heavy atom. The van der Waals surface area contributed by atoms with Crippen molar-refractivity contribution in [3.8, 4) is 0 Å². The second kappa shape index (κ2) is 13.4. The largest absolute Gasteiger partial charge is 0.367 e. The van der Waals surface area contributed by atoms with Gasteiger partial charge in [-0.15, -0.1) is 0 Å². The summed E-state index contributed by atoms with van der Waals surface area (Å²) in [6.45, 7) is 6.06. The van der Waals surface area contributed by atoms with Gasteiger partial charge in [0.25, 0.3) is 0 Å². The fourth-order valence-corrected chi connectivity index (χ4v) is 4.84. The zero-order valence-corrected chi connectivity index (χ0v) is 20.0. The van der Waals surface area contributed by atoms with Crippen LogP contribution in [0.1, 0.15) is 42.1 Å². The number of benzene rings is 3. The SMILES string of the molecule is Fc1ccc(CCCNCC2CCCN(CCOC(c3ccccc3)c3ccccc3)C2)cc1. The van der Waals surface area contributed by atoms with Crippen molar-refractivity contribution < 1.29 is 9.13 Å². The Kier molecular flexibility index (Phi) is 9.68. The molecule has 1 fully saturated rings. The Morgan fingerprint density at radius 3 is 2.26 bits per heavy atom. The van der Waals surface area contributed by atoms with Crippen LogP contribution in [0, 0.1) is 11.7 Å². The fourth-order valence-electron chi connectivity index (χ4n) is 4.84. The maximum atomic E-state index is 13.0. The standard InChI is InChI=1S/C30H37FN2O/c31-29-17-15-25(16-18-29)9-7-19-32-23-26-10-8-20-33(24-26)21-22-34-30(27-11-3-1-4-12-27)28-13-5-2-6-14-28/h1-6,11-18,26,30,32H,7-10,19-24H2. The zero-order chi connectivity index (χ0) is 23.4. The molecule has 1 atom stereocenters. The number of likely N-dealkylation sites (tertiary alicyclic amines) is 1. The van der Waals surface area contributed by atoms with Crippen LogP contribution >= 0.6 is 0 Å². The number of ether oxygens (including phenoxy) is 1. The van der Waals surface area contributed by atoms with Crippen molar-refractivity contribution in [3.63, 3.8) is 0 Å². The maximum absolute atomic E-state index is 13.0. The van der Waals surface area contributed by atoms with Gasteiger partial charge in [-0.2, -0.15) is 0 Å². The molecular formula is C30H37FN2O. The third-order valence-corrected chi connectivity index (χ3v) is 6.67. The molecule has 1 heterocycles. The van der Waals surface area contributed by atoms with E-state index in [-0.39, 0.29) is 11.9 Å². The van der Waals surface area contributed by atoms with Crippen LogP contribution in [0.5, 0.6) is 0 Å². The van der Waals surface area contributed by atoms with Crippen molar-refractivity contribution in [3.05, 3.63) is 107 Å². The van der Waals surface area contributed by atoms with Gasteiger partial charge >= 0.3 is 0 Å². The molecule has 1 N–H and O–H groups in total. The smallest absolute Gasteiger partial charge is 0.123 e. The Balaban J connectivity index is 1.17. The Hall–Kier alpha value is -2.53. The van der Waals surface area contributed by atoms with Gasteiger partial charge in [-0.05, 0) is 80.1 Å². The van der Waals surface area contributed by atoms with Gasteiger partial charge in [0.15, 0.2) is 0 Å². The molecular weight excluding hydrogens is 423 g/mol. The van der Waals surface area contributed by atoms with Crippen molar-refractivity contribution in [1.29, 1.82) is 0 Å². The molecule has 0 radical (unpaired) electrons. The number of nitrogens with one attached hydrogen (secondary N) is 1. The summed E-state index contributed by atoms with van der Waals surface area (Å²) in [5.74, 6) is 0.531. The first-order valence-electron chi connectivity index (χ1n) is 12.7. The van der Waals surface area contributed by atoms with Crippen LogP contribution in [-0.4, -0.2) is 44.2 Å². The summed E-state index contributed by atoms with van der Waals surface area (Å²) < 4.78 is 19.4. The van der Waals surface area contributed by atoms with Gasteiger partial charge in [-0.1, -0.05) is 72.8 Å². The molecule has 4 heteroatoms. The number of hydrogen-bond acceptors (Lipinski definition) is 3. The van der Waals surface area contributed by atoms with E-state index in [0.29, 0.717) is 5.92 Å². The minimum Gasteiger partial charge on any atom is -0.367 e. The number of aryl methyl sites for hydroxylation is 1. The van der Waals surface area contributed by atoms with Crippen molar-refractivity contribution in [1.82, 2.24) is 10.2 Å². The zero-order valence-electron chi connectivity index (χ0n) is 20.0. The molecule has 180 valence electrons. The summed E-state index contributed by atoms with van der Waals surface area (Å²) in [4.78, 5) is 2.56. The molecule has 0 aromatic heterocycles. The van der Waals surface area contributed by atoms with Gasteiger partial charge in [0.2, 0.25) is 0 Å². The van der Waals surface area contributed by atoms with Crippen molar-refractivity contribution >= 4 is 0 Å². The highest BCUT2D eigenvalue weighted by Crippen LogP contribution is 2.26. The van der Waals surface area contributed by atoms with Crippen LogP contribution in [0.3, 0.4) is 0 Å². The highest BCUT2D eigenvalue weighted by Gasteiger charge is 2.20. The molecule has 3 aromatic carbocycles. The normalized spacial score (nSPS) is 16.7. The first-order valence-corrected chi connectivity index (χ1v) is 12.7. The van der Waals surface area contributed by atoms with E-state index in [1.54, 1.807) is 12.1 Å². The molecule has 3 aromatic rings. The molecule has 0 spiro atoms. The van der Waals surface area contributed by atoms with Crippen LogP contribution in [0.2, 0.25) is 0 Å². The van der Waals surface area contributed by atoms with E-state index in [0.717, 1.165) is 52.2 Å². The van der Waals surface area contributed by atoms with Crippen LogP contribution in [-0.2, 0) is 11.2 Å². The highest BCUT2D eigenvalue weighted by atomic mass is 19.1. The quantitative estimate of drug-likeness (QED) is 0.342. The number of halogens is 1. The van der Waals surface area contributed by atoms with E-state index in [4.69, 9.17) is 4.74 Å². The summed E-state index contributed by atoms with van der Waals surface area (Å²) in [7, 11) is 0. The minimum absolute atomic E-state index is 0.0224. The predicted molar refractivity (Wildman–Crippen MR) is 137 cm³/mol. The first-order chi connectivity index (χ1) is 16.8. The van der Waals surface area contributed by atoms with Crippen LogP contribution in [0.25, 0.3) is 0 Å². The maximum Gasteiger partial charge on any atom is 0.123 e. The number of piperidine rings is 1. The molecule has 1 aliphatic heterocycles. The van der Waals surface area contributed by atoms with E-state index in [9.17, 15) is 4.39 Å². The van der Waals surface area contributed by atoms with Gasteiger partial charge < -0.3 is 15.0 Å². The molecule has 0 amide bonds. The van der Waals surface area contributed by atoms with E-state index in [1.165, 1.54) is 29.5 Å². The third-order valence-electron chi connectivity index (χ3n) is 6.67. The van der Waals surface area contributed by atoms with Crippen LogP contribution in [0.15, 0.2) is 84.9 Å². The lowest BCUT2D eigenvalue weighted by molar-refractivity contribution is 0.0493. The Morgan fingerprint density at radius 2 is 1.59 bits per heavy atom. The molecule has 1 aliphatic rings. The minimum atomic E-state index is -0.162. The predicted octanol–water partition coefficient (Wildman–Crippen LogP) is 5.87. The monoisotopic (exact) mass is 460 g/mol. The number of rotatable bonds is 12. The topological polar surface area (TPSA) is 24.5 Å². The molecule has 1 unspecified atom stereocenters. The molecule has 4 rings (SSSR count). The number of nitrogens with zero attached hydrogens (tertiary/aromatic N) is 1. The molecule has 0 saturated carbocycles. The second-order valence-corrected chi connectivity index (χ2v) is 9.32. The van der Waals surface area contributed by atoms with Gasteiger partial charge in [0, 0.05) is 13.1 Å². The van der Waals surface area contributed by atoms with E-state index < -0.39 is 0 Å². The van der Waals surface area contributed by atoms with Crippen molar-refractivity contribution in [2.24, 2.45) is 5.92 Å². The number of hydrogen-bond donors (Lipinski definition) is 1. The highest BCUT2D eigenvalue weighted by molar-refractivity contribution is 5.29. The van der Waals surface area contributed by atoms with Gasteiger partial charge in [0.1, 0.15) is 11.9 Å². The fraction of sp³-hybridized carbons (Fsp3) is 0.400. The van der Waals surface area contributed by atoms with Crippen molar-refractivity contribution in [2.75, 3.05) is 39.3 Å². The lowest BCUT2D eigenvalue weighted by atomic mass is 9.98. The van der Waals surface area contributed by atoms with Crippen LogP contribution in [0.4, 0.5) is 4.39 Å². The average molecular weight is 461 g/mol. The van der Waals surface area contributed by atoms with E-state index >= 15 is 0 Å². The molecule has 3 nitrogen and oxygen atoms in total. The molecule has 0 aliphatic carbocycles. The summed E-state index contributed by atoms with van der Waals surface area (Å²) in [6.07, 6.45) is 4.59. The van der Waals surface area contributed by atoms with Gasteiger partial charge in [-0.25, -0.2) is 4.39 Å². The first kappa shape index (κ1) is 24.6. The summed E-state index contributed by atoms with van der Waals surface area (Å²) in [5, 5.41) is 3.64. The summed E-state index contributed by atoms with van der Waals surface area (Å²) in [6, 6.07) is 27.9. The van der Waals surface area contributed by atoms with Gasteiger partial charge in [0.05, 0.1) is 6.61 Å². The van der Waals surface area contributed by atoms with Crippen LogP contribution < -0.4 is 5.32 Å². The Labute approximate surface area is 204 Å².